The molecule has 0 saturated carbocycles. The van der Waals surface area contributed by atoms with Crippen molar-refractivity contribution in [1.29, 1.82) is 0 Å². The average molecular weight is 344 g/mol. The normalized spacial score (nSPS) is 11.5. The molecule has 0 radical (unpaired) electrons. The van der Waals surface area contributed by atoms with Gasteiger partial charge in [-0.3, -0.25) is 0 Å². The van der Waals surface area contributed by atoms with Crippen molar-refractivity contribution in [3.8, 4) is 16.9 Å². The lowest BCUT2D eigenvalue weighted by Crippen LogP contribution is -1.92. The fourth-order valence-corrected chi connectivity index (χ4v) is 4.37. The molecule has 4 aromatic rings. The van der Waals surface area contributed by atoms with Gasteiger partial charge in [0.1, 0.15) is 5.75 Å². The Balaban J connectivity index is 2.15. The van der Waals surface area contributed by atoms with Gasteiger partial charge in [0.15, 0.2) is 0 Å². The molecular formula is C23H20OS. The molecule has 0 saturated heterocycles. The van der Waals surface area contributed by atoms with E-state index in [-0.39, 0.29) is 0 Å². The van der Waals surface area contributed by atoms with E-state index >= 15 is 0 Å². The number of hydrogen-bond donors (Lipinski definition) is 1. The van der Waals surface area contributed by atoms with Crippen molar-refractivity contribution in [3.05, 3.63) is 72.8 Å². The summed E-state index contributed by atoms with van der Waals surface area (Å²) < 4.78 is 0. The Hall–Kier alpha value is -2.45. The second-order valence-electron chi connectivity index (χ2n) is 6.51. The van der Waals surface area contributed by atoms with Crippen molar-refractivity contribution < 1.29 is 5.11 Å². The summed E-state index contributed by atoms with van der Waals surface area (Å²) in [6.45, 7) is 4.40. The number of benzene rings is 4. The van der Waals surface area contributed by atoms with Crippen molar-refractivity contribution in [1.82, 2.24) is 0 Å². The zero-order valence-corrected chi connectivity index (χ0v) is 15.2. The average Bonchev–Trinajstić information content (AvgIpc) is 2.62. The predicted molar refractivity (Wildman–Crippen MR) is 110 cm³/mol. The van der Waals surface area contributed by atoms with Crippen LogP contribution in [0, 0.1) is 0 Å². The van der Waals surface area contributed by atoms with Crippen molar-refractivity contribution in [3.63, 3.8) is 0 Å². The smallest absolute Gasteiger partial charge is 0.124 e. The highest BCUT2D eigenvalue weighted by molar-refractivity contribution is 8.00. The molecule has 2 heteroatoms. The van der Waals surface area contributed by atoms with Gasteiger partial charge in [-0.25, -0.2) is 0 Å². The second kappa shape index (κ2) is 6.45. The van der Waals surface area contributed by atoms with E-state index in [1.54, 1.807) is 0 Å². The first kappa shape index (κ1) is 16.0. The number of phenolic OH excluding ortho intramolecular Hbond substituents is 1. The monoisotopic (exact) mass is 344 g/mol. The fraction of sp³-hybridized carbons (Fsp3) is 0.130. The third-order valence-electron chi connectivity index (χ3n) is 4.41. The summed E-state index contributed by atoms with van der Waals surface area (Å²) in [7, 11) is 0. The molecule has 25 heavy (non-hydrogen) atoms. The predicted octanol–water partition coefficient (Wildman–Crippen LogP) is 6.87. The van der Waals surface area contributed by atoms with Crippen LogP contribution in [0.25, 0.3) is 32.7 Å². The van der Waals surface area contributed by atoms with Crippen LogP contribution in [-0.4, -0.2) is 10.4 Å². The van der Waals surface area contributed by atoms with Crippen LogP contribution in [0.5, 0.6) is 5.75 Å². The summed E-state index contributed by atoms with van der Waals surface area (Å²) in [4.78, 5) is 1.21. The molecule has 0 unspecified atom stereocenters. The Bertz CT molecular complexity index is 1070. The van der Waals surface area contributed by atoms with Gasteiger partial charge in [0.2, 0.25) is 0 Å². The maximum absolute atomic E-state index is 10.8. The number of hydrogen-bond acceptors (Lipinski definition) is 2. The lowest BCUT2D eigenvalue weighted by Gasteiger charge is -2.17. The van der Waals surface area contributed by atoms with E-state index in [1.807, 2.05) is 36.0 Å². The molecule has 0 aliphatic rings. The zero-order valence-electron chi connectivity index (χ0n) is 14.4. The maximum atomic E-state index is 10.8. The summed E-state index contributed by atoms with van der Waals surface area (Å²) in [5.41, 5.74) is 2.06. The third kappa shape index (κ3) is 2.87. The van der Waals surface area contributed by atoms with Gasteiger partial charge in [0.05, 0.1) is 0 Å². The maximum Gasteiger partial charge on any atom is 0.124 e. The van der Waals surface area contributed by atoms with Gasteiger partial charge in [0, 0.05) is 21.3 Å². The van der Waals surface area contributed by atoms with Gasteiger partial charge in [0.25, 0.3) is 0 Å². The fourth-order valence-electron chi connectivity index (χ4n) is 3.38. The molecule has 1 nitrogen and oxygen atoms in total. The number of fused-ring (bicyclic) bond motifs is 2. The van der Waals surface area contributed by atoms with E-state index in [0.29, 0.717) is 11.0 Å². The van der Waals surface area contributed by atoms with Crippen LogP contribution < -0.4 is 0 Å². The molecule has 0 heterocycles. The minimum atomic E-state index is 0.334. The highest BCUT2D eigenvalue weighted by atomic mass is 32.2. The molecular weight excluding hydrogens is 324 g/mol. The lowest BCUT2D eigenvalue weighted by molar-refractivity contribution is 0.478. The first-order valence-electron chi connectivity index (χ1n) is 8.54. The Morgan fingerprint density at radius 1 is 0.680 bits per heavy atom. The van der Waals surface area contributed by atoms with Crippen LogP contribution in [0.2, 0.25) is 0 Å². The standard InChI is InChI=1S/C23H20OS/c1-15(2)25-21-14-12-17-8-4-6-10-19(17)23(21)22-18-9-5-3-7-16(18)11-13-20(22)24/h3-15,24H,1-2H3. The Morgan fingerprint density at radius 2 is 1.24 bits per heavy atom. The molecule has 4 rings (SSSR count). The summed E-state index contributed by atoms with van der Waals surface area (Å²) in [6.07, 6.45) is 0. The van der Waals surface area contributed by atoms with E-state index in [9.17, 15) is 5.11 Å². The van der Waals surface area contributed by atoms with Crippen LogP contribution in [0.1, 0.15) is 13.8 Å². The quantitative estimate of drug-likeness (QED) is 0.409. The van der Waals surface area contributed by atoms with Gasteiger partial charge in [-0.2, -0.15) is 0 Å². The molecule has 0 atom stereocenters. The molecule has 0 amide bonds. The molecule has 4 aromatic carbocycles. The first-order chi connectivity index (χ1) is 12.1. The number of thioether (sulfide) groups is 1. The molecule has 0 aromatic heterocycles. The van der Waals surface area contributed by atoms with Gasteiger partial charge >= 0.3 is 0 Å². The van der Waals surface area contributed by atoms with Crippen LogP contribution in [0.15, 0.2) is 77.7 Å². The summed E-state index contributed by atoms with van der Waals surface area (Å²) in [5.74, 6) is 0.334. The zero-order chi connectivity index (χ0) is 17.4. The number of rotatable bonds is 3. The van der Waals surface area contributed by atoms with Crippen LogP contribution >= 0.6 is 11.8 Å². The molecule has 0 aliphatic heterocycles. The van der Waals surface area contributed by atoms with E-state index in [1.165, 1.54) is 15.7 Å². The highest BCUT2D eigenvalue weighted by Gasteiger charge is 2.17. The molecule has 0 spiro atoms. The van der Waals surface area contributed by atoms with E-state index in [0.717, 1.165) is 21.9 Å². The SMILES string of the molecule is CC(C)Sc1ccc2ccccc2c1-c1c(O)ccc2ccccc12. The van der Waals surface area contributed by atoms with Gasteiger partial charge < -0.3 is 5.11 Å². The van der Waals surface area contributed by atoms with E-state index < -0.39 is 0 Å². The van der Waals surface area contributed by atoms with Crippen molar-refractivity contribution in [2.24, 2.45) is 0 Å². The van der Waals surface area contributed by atoms with Gasteiger partial charge in [-0.05, 0) is 33.7 Å². The number of aromatic hydroxyl groups is 1. The summed E-state index contributed by atoms with van der Waals surface area (Å²) >= 11 is 1.84. The van der Waals surface area contributed by atoms with Crippen LogP contribution in [0.3, 0.4) is 0 Å². The molecule has 1 N–H and O–H groups in total. The Morgan fingerprint density at radius 3 is 1.88 bits per heavy atom. The number of phenols is 1. The largest absolute Gasteiger partial charge is 0.507 e. The van der Waals surface area contributed by atoms with E-state index in [2.05, 4.69) is 62.4 Å². The second-order valence-corrected chi connectivity index (χ2v) is 8.13. The first-order valence-corrected chi connectivity index (χ1v) is 9.42. The van der Waals surface area contributed by atoms with Crippen molar-refractivity contribution in [2.75, 3.05) is 0 Å². The minimum Gasteiger partial charge on any atom is -0.507 e. The summed E-state index contributed by atoms with van der Waals surface area (Å²) in [5, 5.41) is 15.8. The Labute approximate surface area is 152 Å². The van der Waals surface area contributed by atoms with Crippen LogP contribution in [-0.2, 0) is 0 Å². The van der Waals surface area contributed by atoms with Crippen LogP contribution in [0.4, 0.5) is 0 Å². The molecule has 0 fully saturated rings. The third-order valence-corrected chi connectivity index (χ3v) is 5.48. The highest BCUT2D eigenvalue weighted by Crippen LogP contribution is 2.45. The van der Waals surface area contributed by atoms with Gasteiger partial charge in [-0.15, -0.1) is 11.8 Å². The summed E-state index contributed by atoms with van der Waals surface area (Å²) in [6, 6.07) is 24.8. The van der Waals surface area contributed by atoms with E-state index in [4.69, 9.17) is 0 Å². The van der Waals surface area contributed by atoms with Gasteiger partial charge in [-0.1, -0.05) is 74.5 Å². The molecule has 0 aliphatic carbocycles. The lowest BCUT2D eigenvalue weighted by atomic mass is 9.93. The minimum absolute atomic E-state index is 0.334. The molecule has 0 bridgehead atoms. The molecule has 124 valence electrons. The Kier molecular flexibility index (Phi) is 4.14. The topological polar surface area (TPSA) is 20.2 Å². The van der Waals surface area contributed by atoms with Crippen molar-refractivity contribution >= 4 is 33.3 Å². The van der Waals surface area contributed by atoms with Crippen molar-refractivity contribution in [2.45, 2.75) is 24.0 Å².